The summed E-state index contributed by atoms with van der Waals surface area (Å²) in [6.45, 7) is 18.1. The van der Waals surface area contributed by atoms with Gasteiger partial charge >= 0.3 is 41.5 Å². The van der Waals surface area contributed by atoms with Crippen LogP contribution in [0.25, 0.3) is 0 Å². The summed E-state index contributed by atoms with van der Waals surface area (Å²) in [5, 5.41) is -2.08. The number of hydrogen-bond donors (Lipinski definition) is 0. The number of carbonyl (C=O) groups excluding carboxylic acids is 2. The Labute approximate surface area is 326 Å². The summed E-state index contributed by atoms with van der Waals surface area (Å²) >= 11 is 0. The van der Waals surface area contributed by atoms with Crippen molar-refractivity contribution in [3.8, 4) is 0 Å². The maximum atomic E-state index is 13.0. The Hall–Kier alpha value is -0.150. The molecule has 9 heteroatoms. The first-order valence-corrected chi connectivity index (χ1v) is 21.5. The Balaban J connectivity index is 0. The summed E-state index contributed by atoms with van der Waals surface area (Å²) in [4.78, 5) is 25.9. The summed E-state index contributed by atoms with van der Waals surface area (Å²) < 4.78 is 47.5. The molecular weight excluding hydrogens is 647 g/mol. The molecule has 0 spiro atoms. The predicted octanol–water partition coefficient (Wildman–Crippen LogP) is 8.04. The third-order valence-electron chi connectivity index (χ3n) is 10.3. The third-order valence-corrected chi connectivity index (χ3v) is 11.3. The topological polar surface area (TPSA) is 110 Å². The number of rotatable bonds is 32. The zero-order valence-electron chi connectivity index (χ0n) is 33.6. The molecule has 286 valence electrons. The summed E-state index contributed by atoms with van der Waals surface area (Å²) in [6.07, 6.45) is 20.9. The van der Waals surface area contributed by atoms with E-state index >= 15 is 0 Å². The molecule has 0 N–H and O–H groups in total. The Morgan fingerprint density at radius 3 is 1.24 bits per heavy atom. The summed E-state index contributed by atoms with van der Waals surface area (Å²) in [6, 6.07) is 0. The van der Waals surface area contributed by atoms with E-state index in [1.165, 1.54) is 38.5 Å². The number of esters is 2. The average molecular weight is 725 g/mol. The van der Waals surface area contributed by atoms with E-state index < -0.39 is 33.7 Å². The second-order valence-electron chi connectivity index (χ2n) is 15.5. The molecular formula is C40H77NaO7S. The van der Waals surface area contributed by atoms with Crippen molar-refractivity contribution in [3.05, 3.63) is 0 Å². The van der Waals surface area contributed by atoms with E-state index in [-0.39, 0.29) is 54.6 Å². The molecule has 7 unspecified atom stereocenters. The van der Waals surface area contributed by atoms with Gasteiger partial charge in [0.1, 0.15) is 10.1 Å². The monoisotopic (exact) mass is 725 g/mol. The standard InChI is InChI=1S/C40H78O7S.Na/c1-9-17-32(5)21-13-15-23-36(27-25-34(7)19-11-3)30-46-39(41)29-38(48(43,44)45)40(42)47-31-37(28-26-35(8)20-12-4)24-16-14-22-33(6)18-10-2;/h32-38H,9-31H2,1-8H3,(H,43,44,45);/q;+1/p-1. The SMILES string of the molecule is CCCC(C)CCCCC(CCC(C)CCC)COC(=O)CC(C(=O)OCC(CCCCC(C)CCC)CCC(C)CCC)S(=O)(=O)[O-].[Na+]. The van der Waals surface area contributed by atoms with Crippen molar-refractivity contribution in [2.45, 2.75) is 195 Å². The Bertz CT molecular complexity index is 912. The fraction of sp³-hybridized carbons (Fsp3) is 0.950. The number of hydrogen-bond acceptors (Lipinski definition) is 7. The van der Waals surface area contributed by atoms with Crippen LogP contribution in [-0.4, -0.2) is 43.4 Å². The molecule has 0 saturated carbocycles. The molecule has 0 heterocycles. The van der Waals surface area contributed by atoms with E-state index in [1.807, 2.05) is 0 Å². The van der Waals surface area contributed by atoms with Crippen molar-refractivity contribution >= 4 is 22.1 Å². The molecule has 49 heavy (non-hydrogen) atoms. The van der Waals surface area contributed by atoms with Crippen LogP contribution in [0.4, 0.5) is 0 Å². The molecule has 0 saturated heterocycles. The van der Waals surface area contributed by atoms with Gasteiger partial charge in [0.15, 0.2) is 5.25 Å². The van der Waals surface area contributed by atoms with Crippen molar-refractivity contribution in [1.29, 1.82) is 0 Å². The maximum Gasteiger partial charge on any atom is 1.00 e. The van der Waals surface area contributed by atoms with Crippen molar-refractivity contribution in [1.82, 2.24) is 0 Å². The van der Waals surface area contributed by atoms with Crippen LogP contribution in [0.15, 0.2) is 0 Å². The minimum Gasteiger partial charge on any atom is -0.747 e. The summed E-state index contributed by atoms with van der Waals surface area (Å²) in [7, 11) is -5.10. The van der Waals surface area contributed by atoms with Gasteiger partial charge in [-0.15, -0.1) is 0 Å². The van der Waals surface area contributed by atoms with E-state index in [9.17, 15) is 22.6 Å². The van der Waals surface area contributed by atoms with Crippen LogP contribution >= 0.6 is 0 Å². The minimum atomic E-state index is -5.10. The van der Waals surface area contributed by atoms with Crippen LogP contribution in [-0.2, 0) is 29.2 Å². The molecule has 0 aromatic rings. The average Bonchev–Trinajstić information content (AvgIpc) is 3.01. The second kappa shape index (κ2) is 31.4. The number of carbonyl (C=O) groups is 2. The van der Waals surface area contributed by atoms with Gasteiger partial charge in [-0.3, -0.25) is 9.59 Å². The van der Waals surface area contributed by atoms with Gasteiger partial charge in [-0.05, 0) is 61.2 Å². The molecule has 0 bridgehead atoms. The minimum absolute atomic E-state index is 0. The van der Waals surface area contributed by atoms with E-state index in [0.717, 1.165) is 89.9 Å². The van der Waals surface area contributed by atoms with Crippen molar-refractivity contribution in [3.63, 3.8) is 0 Å². The van der Waals surface area contributed by atoms with Gasteiger partial charge in [-0.25, -0.2) is 8.42 Å². The Morgan fingerprint density at radius 1 is 0.531 bits per heavy atom. The van der Waals surface area contributed by atoms with Crippen molar-refractivity contribution in [2.75, 3.05) is 13.2 Å². The largest absolute Gasteiger partial charge is 1.00 e. The van der Waals surface area contributed by atoms with Crippen molar-refractivity contribution in [2.24, 2.45) is 35.5 Å². The Kier molecular flexibility index (Phi) is 32.6. The zero-order valence-corrected chi connectivity index (χ0v) is 36.4. The third kappa shape index (κ3) is 28.1. The Morgan fingerprint density at radius 2 is 0.878 bits per heavy atom. The molecule has 7 atom stereocenters. The molecule has 7 nitrogen and oxygen atoms in total. The molecule has 0 aliphatic heterocycles. The van der Waals surface area contributed by atoms with E-state index in [1.54, 1.807) is 0 Å². The fourth-order valence-electron chi connectivity index (χ4n) is 7.08. The first-order valence-electron chi connectivity index (χ1n) is 20.0. The quantitative estimate of drug-likeness (QED) is 0.0299. The maximum absolute atomic E-state index is 13.0. The molecule has 0 fully saturated rings. The zero-order chi connectivity index (χ0) is 36.4. The van der Waals surface area contributed by atoms with E-state index in [0.29, 0.717) is 23.7 Å². The van der Waals surface area contributed by atoms with Gasteiger partial charge in [0, 0.05) is 0 Å². The van der Waals surface area contributed by atoms with Gasteiger partial charge in [-0.1, -0.05) is 158 Å². The second-order valence-corrected chi connectivity index (χ2v) is 17.1. The molecule has 0 aromatic heterocycles. The van der Waals surface area contributed by atoms with Gasteiger partial charge in [0.25, 0.3) is 0 Å². The van der Waals surface area contributed by atoms with Gasteiger partial charge in [0.05, 0.1) is 19.6 Å². The molecule has 0 radical (unpaired) electrons. The van der Waals surface area contributed by atoms with Crippen LogP contribution in [0.5, 0.6) is 0 Å². The smallest absolute Gasteiger partial charge is 0.747 e. The van der Waals surface area contributed by atoms with Gasteiger partial charge < -0.3 is 14.0 Å². The summed E-state index contributed by atoms with van der Waals surface area (Å²) in [5.41, 5.74) is 0. The van der Waals surface area contributed by atoms with Crippen LogP contribution < -0.4 is 29.6 Å². The molecule has 0 aliphatic carbocycles. The van der Waals surface area contributed by atoms with Gasteiger partial charge in [-0.2, -0.15) is 0 Å². The van der Waals surface area contributed by atoms with Crippen LogP contribution in [0.2, 0.25) is 0 Å². The van der Waals surface area contributed by atoms with Gasteiger partial charge in [0.2, 0.25) is 0 Å². The number of ether oxygens (including phenoxy) is 2. The van der Waals surface area contributed by atoms with Crippen molar-refractivity contribution < 1.29 is 61.6 Å². The molecule has 0 aromatic carbocycles. The van der Waals surface area contributed by atoms with E-state index in [4.69, 9.17) is 9.47 Å². The molecule has 0 amide bonds. The first-order chi connectivity index (χ1) is 22.8. The molecule has 0 aliphatic rings. The first kappa shape index (κ1) is 51.0. The molecule has 0 rings (SSSR count). The van der Waals surface area contributed by atoms with Crippen LogP contribution in [0.3, 0.4) is 0 Å². The number of unbranched alkanes of at least 4 members (excludes halogenated alkanes) is 2. The summed E-state index contributed by atoms with van der Waals surface area (Å²) in [5.74, 6) is 0.861. The normalized spacial score (nSPS) is 16.1. The van der Waals surface area contributed by atoms with Crippen LogP contribution in [0, 0.1) is 35.5 Å². The fourth-order valence-corrected chi connectivity index (χ4v) is 7.72. The van der Waals surface area contributed by atoms with Crippen LogP contribution in [0.1, 0.15) is 190 Å². The predicted molar refractivity (Wildman–Crippen MR) is 199 cm³/mol. The van der Waals surface area contributed by atoms with E-state index in [2.05, 4.69) is 55.4 Å².